The number of carbonyl (C=O) groups is 1. The molecule has 0 radical (unpaired) electrons. The lowest BCUT2D eigenvalue weighted by molar-refractivity contribution is -0.384. The van der Waals surface area contributed by atoms with Crippen LogP contribution in [0.15, 0.2) is 18.2 Å². The molecule has 18 heavy (non-hydrogen) atoms. The number of non-ortho nitro benzene ring substituents is 1. The Labute approximate surface area is 105 Å². The van der Waals surface area contributed by atoms with Crippen LogP contribution in [0.2, 0.25) is 0 Å². The number of esters is 1. The standard InChI is InChI=1S/C12H15NO5/c1-8-6-10(13(15)16)4-5-11(8)12(14)18-9(2)7-17-3/h4-6,9H,7H2,1-3H3/t9-/m0/s1. The third-order valence-electron chi connectivity index (χ3n) is 2.35. The van der Waals surface area contributed by atoms with Gasteiger partial charge >= 0.3 is 5.97 Å². The first-order valence-corrected chi connectivity index (χ1v) is 5.40. The molecular weight excluding hydrogens is 238 g/mol. The highest BCUT2D eigenvalue weighted by atomic mass is 16.6. The van der Waals surface area contributed by atoms with Gasteiger partial charge in [0.25, 0.3) is 5.69 Å². The summed E-state index contributed by atoms with van der Waals surface area (Å²) in [6, 6.07) is 4.03. The SMILES string of the molecule is COC[C@H](C)OC(=O)c1ccc([N+](=O)[O-])cc1C. The maximum absolute atomic E-state index is 11.8. The van der Waals surface area contributed by atoms with E-state index >= 15 is 0 Å². The van der Waals surface area contributed by atoms with Gasteiger partial charge in [0.2, 0.25) is 0 Å². The van der Waals surface area contributed by atoms with Crippen molar-refractivity contribution in [1.82, 2.24) is 0 Å². The van der Waals surface area contributed by atoms with E-state index in [1.165, 1.54) is 25.3 Å². The van der Waals surface area contributed by atoms with E-state index in [1.54, 1.807) is 13.8 Å². The van der Waals surface area contributed by atoms with Crippen LogP contribution in [0.25, 0.3) is 0 Å². The first-order chi connectivity index (χ1) is 8.45. The third-order valence-corrected chi connectivity index (χ3v) is 2.35. The lowest BCUT2D eigenvalue weighted by Crippen LogP contribution is -2.20. The number of nitrogens with zero attached hydrogens (tertiary/aromatic N) is 1. The van der Waals surface area contributed by atoms with E-state index in [0.29, 0.717) is 17.7 Å². The summed E-state index contributed by atoms with van der Waals surface area (Å²) in [6.07, 6.45) is -0.364. The van der Waals surface area contributed by atoms with Crippen LogP contribution in [0, 0.1) is 17.0 Å². The number of aryl methyl sites for hydroxylation is 1. The number of ether oxygens (including phenoxy) is 2. The van der Waals surface area contributed by atoms with Crippen LogP contribution < -0.4 is 0 Å². The van der Waals surface area contributed by atoms with Crippen LogP contribution >= 0.6 is 0 Å². The summed E-state index contributed by atoms with van der Waals surface area (Å²) in [7, 11) is 1.52. The van der Waals surface area contributed by atoms with E-state index in [0.717, 1.165) is 0 Å². The van der Waals surface area contributed by atoms with Gasteiger partial charge in [-0.15, -0.1) is 0 Å². The summed E-state index contributed by atoms with van der Waals surface area (Å²) in [5.41, 5.74) is 0.788. The zero-order chi connectivity index (χ0) is 13.7. The highest BCUT2D eigenvalue weighted by molar-refractivity contribution is 5.91. The van der Waals surface area contributed by atoms with Gasteiger partial charge in [-0.3, -0.25) is 10.1 Å². The number of rotatable bonds is 5. The Morgan fingerprint density at radius 2 is 2.17 bits per heavy atom. The van der Waals surface area contributed by atoms with E-state index in [9.17, 15) is 14.9 Å². The van der Waals surface area contributed by atoms with Gasteiger partial charge in [0.1, 0.15) is 6.10 Å². The predicted octanol–water partition coefficient (Wildman–Crippen LogP) is 2.09. The fourth-order valence-electron chi connectivity index (χ4n) is 1.51. The summed E-state index contributed by atoms with van der Waals surface area (Å²) in [5.74, 6) is -0.507. The minimum atomic E-state index is -0.507. The zero-order valence-corrected chi connectivity index (χ0v) is 10.5. The summed E-state index contributed by atoms with van der Waals surface area (Å²) < 4.78 is 9.98. The Hall–Kier alpha value is -1.95. The molecule has 0 amide bonds. The molecule has 6 nitrogen and oxygen atoms in total. The van der Waals surface area contributed by atoms with Crippen molar-refractivity contribution in [2.75, 3.05) is 13.7 Å². The summed E-state index contributed by atoms with van der Waals surface area (Å²) in [5, 5.41) is 10.6. The smallest absolute Gasteiger partial charge is 0.338 e. The Bertz CT molecular complexity index is 458. The second kappa shape index (κ2) is 6.11. The van der Waals surface area contributed by atoms with Crippen molar-refractivity contribution in [2.24, 2.45) is 0 Å². The molecular formula is C12H15NO5. The lowest BCUT2D eigenvalue weighted by atomic mass is 10.1. The van der Waals surface area contributed by atoms with Gasteiger partial charge in [-0.1, -0.05) is 0 Å². The molecule has 0 saturated heterocycles. The normalized spacial score (nSPS) is 11.9. The number of benzene rings is 1. The van der Waals surface area contributed by atoms with E-state index in [4.69, 9.17) is 9.47 Å². The van der Waals surface area contributed by atoms with Crippen molar-refractivity contribution in [3.8, 4) is 0 Å². The molecule has 98 valence electrons. The number of hydrogen-bond donors (Lipinski definition) is 0. The van der Waals surface area contributed by atoms with Gasteiger partial charge in [-0.2, -0.15) is 0 Å². The molecule has 0 unspecified atom stereocenters. The van der Waals surface area contributed by atoms with E-state index in [-0.39, 0.29) is 11.8 Å². The predicted molar refractivity (Wildman–Crippen MR) is 64.6 cm³/mol. The van der Waals surface area contributed by atoms with Crippen molar-refractivity contribution in [3.05, 3.63) is 39.4 Å². The second-order valence-electron chi connectivity index (χ2n) is 3.93. The first-order valence-electron chi connectivity index (χ1n) is 5.40. The minimum absolute atomic E-state index is 0.0472. The van der Waals surface area contributed by atoms with E-state index in [1.807, 2.05) is 0 Å². The molecule has 0 saturated carbocycles. The summed E-state index contributed by atoms with van der Waals surface area (Å²) >= 11 is 0. The Morgan fingerprint density at radius 3 is 2.67 bits per heavy atom. The van der Waals surface area contributed by atoms with Gasteiger partial charge in [-0.25, -0.2) is 4.79 Å². The zero-order valence-electron chi connectivity index (χ0n) is 10.5. The number of methoxy groups -OCH3 is 1. The molecule has 0 bridgehead atoms. The molecule has 0 aromatic heterocycles. The largest absolute Gasteiger partial charge is 0.457 e. The third kappa shape index (κ3) is 3.53. The average molecular weight is 253 g/mol. The fourth-order valence-corrected chi connectivity index (χ4v) is 1.51. The van der Waals surface area contributed by atoms with E-state index in [2.05, 4.69) is 0 Å². The van der Waals surface area contributed by atoms with Crippen molar-refractivity contribution in [2.45, 2.75) is 20.0 Å². The van der Waals surface area contributed by atoms with Gasteiger partial charge in [0, 0.05) is 19.2 Å². The monoisotopic (exact) mass is 253 g/mol. The molecule has 6 heteroatoms. The molecule has 0 aliphatic rings. The molecule has 0 aliphatic carbocycles. The van der Waals surface area contributed by atoms with Crippen molar-refractivity contribution in [3.63, 3.8) is 0 Å². The Morgan fingerprint density at radius 1 is 1.50 bits per heavy atom. The molecule has 0 aliphatic heterocycles. The van der Waals surface area contributed by atoms with Crippen LogP contribution in [0.3, 0.4) is 0 Å². The van der Waals surface area contributed by atoms with Crippen LogP contribution in [0.1, 0.15) is 22.8 Å². The quantitative estimate of drug-likeness (QED) is 0.456. The van der Waals surface area contributed by atoms with Crippen LogP contribution in [0.5, 0.6) is 0 Å². The fraction of sp³-hybridized carbons (Fsp3) is 0.417. The Kier molecular flexibility index (Phi) is 4.79. The van der Waals surface area contributed by atoms with Crippen LogP contribution in [-0.4, -0.2) is 30.7 Å². The van der Waals surface area contributed by atoms with Crippen molar-refractivity contribution >= 4 is 11.7 Å². The molecule has 1 rings (SSSR count). The molecule has 1 atom stereocenters. The van der Waals surface area contributed by atoms with Gasteiger partial charge in [0.05, 0.1) is 17.1 Å². The minimum Gasteiger partial charge on any atom is -0.457 e. The molecule has 0 spiro atoms. The lowest BCUT2D eigenvalue weighted by Gasteiger charge is -2.13. The molecule has 1 aromatic rings. The maximum atomic E-state index is 11.8. The first kappa shape index (κ1) is 14.1. The number of carbonyl (C=O) groups excluding carboxylic acids is 1. The maximum Gasteiger partial charge on any atom is 0.338 e. The highest BCUT2D eigenvalue weighted by Crippen LogP contribution is 2.18. The molecule has 1 aromatic carbocycles. The second-order valence-corrected chi connectivity index (χ2v) is 3.93. The molecule has 0 N–H and O–H groups in total. The summed E-state index contributed by atoms with van der Waals surface area (Å²) in [4.78, 5) is 21.9. The van der Waals surface area contributed by atoms with E-state index < -0.39 is 10.9 Å². The molecule has 0 fully saturated rings. The van der Waals surface area contributed by atoms with Crippen LogP contribution in [-0.2, 0) is 9.47 Å². The van der Waals surface area contributed by atoms with Gasteiger partial charge in [-0.05, 0) is 25.5 Å². The summed E-state index contributed by atoms with van der Waals surface area (Å²) in [6.45, 7) is 3.64. The van der Waals surface area contributed by atoms with Crippen LogP contribution in [0.4, 0.5) is 5.69 Å². The highest BCUT2D eigenvalue weighted by Gasteiger charge is 2.16. The van der Waals surface area contributed by atoms with Crippen molar-refractivity contribution in [1.29, 1.82) is 0 Å². The molecule has 0 heterocycles. The number of nitro benzene ring substituents is 1. The Balaban J connectivity index is 2.84. The average Bonchev–Trinajstić information content (AvgIpc) is 2.28. The van der Waals surface area contributed by atoms with Gasteiger partial charge in [0.15, 0.2) is 0 Å². The number of nitro groups is 1. The topological polar surface area (TPSA) is 78.7 Å². The van der Waals surface area contributed by atoms with Gasteiger partial charge < -0.3 is 9.47 Å². The number of hydrogen-bond acceptors (Lipinski definition) is 5. The van der Waals surface area contributed by atoms with Crippen molar-refractivity contribution < 1.29 is 19.2 Å².